The molecule has 2 aliphatic heterocycles. The standard InChI is InChI=1S/C20H20ClNO3/c1-24-17-5-6-18-13(11-17)3-2-8-22(18)20(23)15-9-14-10-16(21)4-7-19(14)25-12-15/h4-7,10-11,15H,2-3,8-9,12H2,1H3. The number of methoxy groups -OCH3 is 1. The maximum atomic E-state index is 13.1. The number of amides is 1. The van der Waals surface area contributed by atoms with Crippen LogP contribution in [-0.2, 0) is 17.6 Å². The number of halogens is 1. The van der Waals surface area contributed by atoms with E-state index in [0.717, 1.165) is 42.1 Å². The molecule has 0 spiro atoms. The summed E-state index contributed by atoms with van der Waals surface area (Å²) in [6.45, 7) is 1.16. The third kappa shape index (κ3) is 3.07. The van der Waals surface area contributed by atoms with Crippen LogP contribution in [-0.4, -0.2) is 26.2 Å². The van der Waals surface area contributed by atoms with Crippen LogP contribution in [0, 0.1) is 5.92 Å². The molecule has 2 aromatic rings. The molecule has 0 aliphatic carbocycles. The van der Waals surface area contributed by atoms with Gasteiger partial charge in [-0.25, -0.2) is 0 Å². The van der Waals surface area contributed by atoms with E-state index in [4.69, 9.17) is 21.1 Å². The predicted octanol–water partition coefficient (Wildman–Crippen LogP) is 3.88. The Morgan fingerprint density at radius 1 is 1.24 bits per heavy atom. The minimum absolute atomic E-state index is 0.122. The third-order valence-corrected chi connectivity index (χ3v) is 5.18. The largest absolute Gasteiger partial charge is 0.497 e. The quantitative estimate of drug-likeness (QED) is 0.818. The Morgan fingerprint density at radius 2 is 2.12 bits per heavy atom. The van der Waals surface area contributed by atoms with Crippen molar-refractivity contribution in [3.8, 4) is 11.5 Å². The van der Waals surface area contributed by atoms with Gasteiger partial charge in [0.05, 0.1) is 13.0 Å². The summed E-state index contributed by atoms with van der Waals surface area (Å²) in [5, 5.41) is 0.672. The van der Waals surface area contributed by atoms with Crippen molar-refractivity contribution in [2.24, 2.45) is 5.92 Å². The van der Waals surface area contributed by atoms with Crippen LogP contribution in [0.4, 0.5) is 5.69 Å². The molecule has 2 aromatic carbocycles. The van der Waals surface area contributed by atoms with Crippen molar-refractivity contribution in [3.63, 3.8) is 0 Å². The molecular formula is C20H20ClNO3. The second-order valence-corrected chi connectivity index (χ2v) is 6.99. The first-order chi connectivity index (χ1) is 12.2. The van der Waals surface area contributed by atoms with E-state index < -0.39 is 0 Å². The minimum Gasteiger partial charge on any atom is -0.497 e. The summed E-state index contributed by atoms with van der Waals surface area (Å²) in [7, 11) is 1.66. The highest BCUT2D eigenvalue weighted by Crippen LogP contribution is 2.34. The number of nitrogens with zero attached hydrogens (tertiary/aromatic N) is 1. The number of carbonyl (C=O) groups excluding carboxylic acids is 1. The van der Waals surface area contributed by atoms with Gasteiger partial charge in [0.2, 0.25) is 5.91 Å². The number of carbonyl (C=O) groups is 1. The summed E-state index contributed by atoms with van der Waals surface area (Å²) in [6.07, 6.45) is 2.59. The van der Waals surface area contributed by atoms with Gasteiger partial charge in [-0.1, -0.05) is 11.6 Å². The fourth-order valence-electron chi connectivity index (χ4n) is 3.67. The number of hydrogen-bond donors (Lipinski definition) is 0. The van der Waals surface area contributed by atoms with Crippen molar-refractivity contribution in [3.05, 3.63) is 52.5 Å². The predicted molar refractivity (Wildman–Crippen MR) is 97.8 cm³/mol. The Kier molecular flexibility index (Phi) is 4.30. The van der Waals surface area contributed by atoms with Crippen LogP contribution in [0.3, 0.4) is 0 Å². The summed E-state index contributed by atoms with van der Waals surface area (Å²) < 4.78 is 11.1. The molecule has 0 radical (unpaired) electrons. The zero-order chi connectivity index (χ0) is 17.4. The van der Waals surface area contributed by atoms with Crippen molar-refractivity contribution in [2.45, 2.75) is 19.3 Å². The summed E-state index contributed by atoms with van der Waals surface area (Å²) in [5.41, 5.74) is 3.16. The highest BCUT2D eigenvalue weighted by atomic mass is 35.5. The highest BCUT2D eigenvalue weighted by molar-refractivity contribution is 6.30. The van der Waals surface area contributed by atoms with Crippen molar-refractivity contribution in [1.29, 1.82) is 0 Å². The zero-order valence-electron chi connectivity index (χ0n) is 14.1. The van der Waals surface area contributed by atoms with Gasteiger partial charge in [0.15, 0.2) is 0 Å². The highest BCUT2D eigenvalue weighted by Gasteiger charge is 2.32. The van der Waals surface area contributed by atoms with Gasteiger partial charge < -0.3 is 14.4 Å². The van der Waals surface area contributed by atoms with Crippen LogP contribution in [0.25, 0.3) is 0 Å². The Bertz CT molecular complexity index is 821. The number of aryl methyl sites for hydroxylation is 1. The second-order valence-electron chi connectivity index (χ2n) is 6.55. The average molecular weight is 358 g/mol. The molecule has 25 heavy (non-hydrogen) atoms. The fraction of sp³-hybridized carbons (Fsp3) is 0.350. The lowest BCUT2D eigenvalue weighted by molar-refractivity contribution is -0.123. The average Bonchev–Trinajstić information content (AvgIpc) is 2.65. The molecule has 1 amide bonds. The number of fused-ring (bicyclic) bond motifs is 2. The molecule has 0 aromatic heterocycles. The number of benzene rings is 2. The zero-order valence-corrected chi connectivity index (χ0v) is 14.9. The monoisotopic (exact) mass is 357 g/mol. The van der Waals surface area contributed by atoms with Gasteiger partial charge in [0.25, 0.3) is 0 Å². The van der Waals surface area contributed by atoms with Crippen LogP contribution in [0.15, 0.2) is 36.4 Å². The van der Waals surface area contributed by atoms with E-state index in [1.165, 1.54) is 5.56 Å². The van der Waals surface area contributed by atoms with Crippen LogP contribution < -0.4 is 14.4 Å². The Hall–Kier alpha value is -2.20. The Balaban J connectivity index is 1.58. The van der Waals surface area contributed by atoms with Crippen LogP contribution >= 0.6 is 11.6 Å². The van der Waals surface area contributed by atoms with E-state index in [-0.39, 0.29) is 11.8 Å². The molecule has 2 heterocycles. The van der Waals surface area contributed by atoms with Gasteiger partial charge in [-0.2, -0.15) is 0 Å². The van der Waals surface area contributed by atoms with Gasteiger partial charge in [-0.3, -0.25) is 4.79 Å². The number of anilines is 1. The maximum absolute atomic E-state index is 13.1. The molecule has 4 nitrogen and oxygen atoms in total. The van der Waals surface area contributed by atoms with Crippen molar-refractivity contribution in [2.75, 3.05) is 25.2 Å². The lowest BCUT2D eigenvalue weighted by atomic mass is 9.93. The summed E-state index contributed by atoms with van der Waals surface area (Å²) in [6, 6.07) is 11.5. The smallest absolute Gasteiger partial charge is 0.233 e. The first-order valence-electron chi connectivity index (χ1n) is 8.55. The number of ether oxygens (including phenoxy) is 2. The SMILES string of the molecule is COc1ccc2c(c1)CCCN2C(=O)C1COc2ccc(Cl)cc2C1. The molecule has 4 rings (SSSR count). The van der Waals surface area contributed by atoms with Crippen LogP contribution in [0.1, 0.15) is 17.5 Å². The van der Waals surface area contributed by atoms with E-state index in [0.29, 0.717) is 18.1 Å². The molecule has 1 unspecified atom stereocenters. The van der Waals surface area contributed by atoms with Gasteiger partial charge in [-0.05, 0) is 66.8 Å². The van der Waals surface area contributed by atoms with Crippen molar-refractivity contribution in [1.82, 2.24) is 0 Å². The topological polar surface area (TPSA) is 38.8 Å². The molecule has 2 aliphatic rings. The van der Waals surface area contributed by atoms with E-state index in [2.05, 4.69) is 0 Å². The Morgan fingerprint density at radius 3 is 2.96 bits per heavy atom. The van der Waals surface area contributed by atoms with Crippen molar-refractivity contribution >= 4 is 23.2 Å². The third-order valence-electron chi connectivity index (χ3n) is 4.95. The van der Waals surface area contributed by atoms with Crippen molar-refractivity contribution < 1.29 is 14.3 Å². The van der Waals surface area contributed by atoms with E-state index >= 15 is 0 Å². The summed E-state index contributed by atoms with van der Waals surface area (Å²) >= 11 is 6.09. The first kappa shape index (κ1) is 16.3. The number of rotatable bonds is 2. The molecule has 0 bridgehead atoms. The molecule has 1 atom stereocenters. The number of hydrogen-bond acceptors (Lipinski definition) is 3. The maximum Gasteiger partial charge on any atom is 0.233 e. The second kappa shape index (κ2) is 6.60. The molecular weight excluding hydrogens is 338 g/mol. The summed E-state index contributed by atoms with van der Waals surface area (Å²) in [5.74, 6) is 1.60. The fourth-order valence-corrected chi connectivity index (χ4v) is 3.87. The minimum atomic E-state index is -0.181. The van der Waals surface area contributed by atoms with Gasteiger partial charge in [-0.15, -0.1) is 0 Å². The van der Waals surface area contributed by atoms with Gasteiger partial charge >= 0.3 is 0 Å². The normalized spacial score (nSPS) is 18.8. The lowest BCUT2D eigenvalue weighted by Crippen LogP contribution is -2.43. The van der Waals surface area contributed by atoms with E-state index in [1.54, 1.807) is 7.11 Å². The molecule has 0 saturated carbocycles. The van der Waals surface area contributed by atoms with Gasteiger partial charge in [0, 0.05) is 17.3 Å². The molecule has 5 heteroatoms. The van der Waals surface area contributed by atoms with E-state index in [9.17, 15) is 4.79 Å². The molecule has 0 saturated heterocycles. The summed E-state index contributed by atoms with van der Waals surface area (Å²) in [4.78, 5) is 15.1. The molecule has 130 valence electrons. The van der Waals surface area contributed by atoms with E-state index in [1.807, 2.05) is 41.3 Å². The lowest BCUT2D eigenvalue weighted by Gasteiger charge is -2.34. The van der Waals surface area contributed by atoms with Gasteiger partial charge in [0.1, 0.15) is 18.1 Å². The first-order valence-corrected chi connectivity index (χ1v) is 8.93. The Labute approximate surface area is 152 Å². The van der Waals surface area contributed by atoms with Crippen LogP contribution in [0.5, 0.6) is 11.5 Å². The molecule has 0 fully saturated rings. The van der Waals surface area contributed by atoms with Crippen LogP contribution in [0.2, 0.25) is 5.02 Å². The molecule has 0 N–H and O–H groups in total.